The van der Waals surface area contributed by atoms with Crippen LogP contribution >= 0.6 is 12.4 Å². The van der Waals surface area contributed by atoms with Crippen molar-refractivity contribution in [1.82, 2.24) is 24.6 Å². The van der Waals surface area contributed by atoms with Gasteiger partial charge < -0.3 is 14.6 Å². The van der Waals surface area contributed by atoms with Crippen LogP contribution in [0.3, 0.4) is 0 Å². The number of rotatable bonds is 4. The second kappa shape index (κ2) is 8.85. The number of nitrogens with zero attached hydrogens (tertiary/aromatic N) is 4. The molecule has 2 aliphatic heterocycles. The van der Waals surface area contributed by atoms with Gasteiger partial charge in [0.15, 0.2) is 0 Å². The summed E-state index contributed by atoms with van der Waals surface area (Å²) in [6.45, 7) is 0.127. The monoisotopic (exact) mass is 481 g/mol. The highest BCUT2D eigenvalue weighted by Crippen LogP contribution is 2.40. The minimum atomic E-state index is -0.404. The van der Waals surface area contributed by atoms with E-state index in [2.05, 4.69) is 33.1 Å². The van der Waals surface area contributed by atoms with Gasteiger partial charge in [-0.2, -0.15) is 9.78 Å². The number of halogens is 2. The van der Waals surface area contributed by atoms with Crippen LogP contribution in [0.4, 0.5) is 4.39 Å². The van der Waals surface area contributed by atoms with E-state index in [4.69, 9.17) is 4.74 Å². The van der Waals surface area contributed by atoms with Crippen molar-refractivity contribution in [2.24, 2.45) is 7.05 Å². The maximum atomic E-state index is 13.0. The largest absolute Gasteiger partial charge is 0.485 e. The minimum Gasteiger partial charge on any atom is -0.485 e. The van der Waals surface area contributed by atoms with Crippen LogP contribution in [0.15, 0.2) is 53.6 Å². The molecular formula is C25H25ClFN5O2. The first kappa shape index (κ1) is 22.6. The summed E-state index contributed by atoms with van der Waals surface area (Å²) in [6.07, 6.45) is 7.35. The zero-order valence-electron chi connectivity index (χ0n) is 18.7. The molecule has 6 rings (SSSR count). The van der Waals surface area contributed by atoms with Crippen LogP contribution in [-0.2, 0) is 20.1 Å². The SMILES string of the molecule is Cl.Cn1c2c(c3ccc(-n4ncc(OCc5ccc(F)cn5)cc4=O)cc31)C1CCCC(C2)N1. The second-order valence-corrected chi connectivity index (χ2v) is 8.87. The lowest BCUT2D eigenvalue weighted by molar-refractivity contribution is 0.298. The topological polar surface area (TPSA) is 74.0 Å². The van der Waals surface area contributed by atoms with Gasteiger partial charge in [-0.05, 0) is 49.1 Å². The molecule has 1 aromatic carbocycles. The Balaban J connectivity index is 0.00000241. The first-order valence-corrected chi connectivity index (χ1v) is 11.3. The molecule has 1 saturated heterocycles. The van der Waals surface area contributed by atoms with Crippen molar-refractivity contribution < 1.29 is 9.13 Å². The van der Waals surface area contributed by atoms with Gasteiger partial charge in [0.2, 0.25) is 0 Å². The van der Waals surface area contributed by atoms with Gasteiger partial charge >= 0.3 is 0 Å². The summed E-state index contributed by atoms with van der Waals surface area (Å²) >= 11 is 0. The molecule has 176 valence electrons. The van der Waals surface area contributed by atoms with E-state index in [-0.39, 0.29) is 24.6 Å². The number of fused-ring (bicyclic) bond motifs is 6. The van der Waals surface area contributed by atoms with E-state index in [1.807, 2.05) is 12.1 Å². The Hall–Kier alpha value is -3.23. The van der Waals surface area contributed by atoms with Crippen molar-refractivity contribution in [3.05, 3.63) is 81.9 Å². The molecule has 3 aromatic heterocycles. The van der Waals surface area contributed by atoms with Crippen LogP contribution in [-0.4, -0.2) is 25.4 Å². The molecular weight excluding hydrogens is 457 g/mol. The number of ether oxygens (including phenoxy) is 1. The maximum Gasteiger partial charge on any atom is 0.275 e. The van der Waals surface area contributed by atoms with Gasteiger partial charge in [0.25, 0.3) is 5.56 Å². The molecule has 0 amide bonds. The van der Waals surface area contributed by atoms with Gasteiger partial charge in [0, 0.05) is 42.7 Å². The average Bonchev–Trinajstić information content (AvgIpc) is 3.10. The van der Waals surface area contributed by atoms with Crippen LogP contribution in [0.2, 0.25) is 0 Å². The smallest absolute Gasteiger partial charge is 0.275 e. The van der Waals surface area contributed by atoms with Gasteiger partial charge in [-0.25, -0.2) is 4.39 Å². The fourth-order valence-corrected chi connectivity index (χ4v) is 5.23. The lowest BCUT2D eigenvalue weighted by Crippen LogP contribution is -2.42. The number of hydrogen-bond donors (Lipinski definition) is 1. The van der Waals surface area contributed by atoms with Crippen molar-refractivity contribution in [3.8, 4) is 11.4 Å². The molecule has 7 nitrogen and oxygen atoms in total. The maximum absolute atomic E-state index is 13.0. The predicted molar refractivity (Wildman–Crippen MR) is 129 cm³/mol. The molecule has 2 atom stereocenters. The van der Waals surface area contributed by atoms with E-state index >= 15 is 0 Å². The van der Waals surface area contributed by atoms with E-state index in [0.29, 0.717) is 29.2 Å². The first-order valence-electron chi connectivity index (χ1n) is 11.3. The molecule has 0 saturated carbocycles. The Morgan fingerprint density at radius 3 is 2.85 bits per heavy atom. The number of aryl methyl sites for hydroxylation is 1. The molecule has 1 N–H and O–H groups in total. The molecule has 2 aliphatic rings. The molecule has 9 heteroatoms. The molecule has 4 aromatic rings. The van der Waals surface area contributed by atoms with Gasteiger partial charge in [-0.15, -0.1) is 12.4 Å². The zero-order valence-corrected chi connectivity index (χ0v) is 19.5. The number of nitrogens with one attached hydrogen (secondary N) is 1. The second-order valence-electron chi connectivity index (χ2n) is 8.87. The van der Waals surface area contributed by atoms with Crippen LogP contribution in [0.25, 0.3) is 16.6 Å². The third-order valence-corrected chi connectivity index (χ3v) is 6.81. The molecule has 1 fully saturated rings. The summed E-state index contributed by atoms with van der Waals surface area (Å²) in [5.41, 5.74) is 4.92. The zero-order chi connectivity index (χ0) is 22.5. The molecule has 0 radical (unpaired) electrons. The van der Waals surface area contributed by atoms with Crippen molar-refractivity contribution in [2.45, 2.75) is 44.4 Å². The first-order chi connectivity index (χ1) is 16.1. The molecule has 0 spiro atoms. The lowest BCUT2D eigenvalue weighted by Gasteiger charge is -2.36. The summed E-state index contributed by atoms with van der Waals surface area (Å²) in [7, 11) is 2.11. The highest BCUT2D eigenvalue weighted by atomic mass is 35.5. The van der Waals surface area contributed by atoms with Crippen LogP contribution in [0, 0.1) is 5.82 Å². The van der Waals surface area contributed by atoms with Crippen molar-refractivity contribution in [2.75, 3.05) is 0 Å². The van der Waals surface area contributed by atoms with Gasteiger partial charge in [0.1, 0.15) is 18.2 Å². The molecule has 0 aliphatic carbocycles. The number of pyridine rings is 1. The number of benzene rings is 1. The number of piperidine rings is 1. The van der Waals surface area contributed by atoms with Crippen molar-refractivity contribution in [1.29, 1.82) is 0 Å². The van der Waals surface area contributed by atoms with Gasteiger partial charge in [0.05, 0.1) is 29.3 Å². The van der Waals surface area contributed by atoms with E-state index in [1.165, 1.54) is 58.9 Å². The normalized spacial score (nSPS) is 18.9. The Kier molecular flexibility index (Phi) is 5.87. The fourth-order valence-electron chi connectivity index (χ4n) is 5.23. The highest BCUT2D eigenvalue weighted by Gasteiger charge is 2.33. The summed E-state index contributed by atoms with van der Waals surface area (Å²) in [4.78, 5) is 16.8. The van der Waals surface area contributed by atoms with Crippen molar-refractivity contribution >= 4 is 23.3 Å². The average molecular weight is 482 g/mol. The van der Waals surface area contributed by atoms with Gasteiger partial charge in [-0.1, -0.05) is 6.07 Å². The summed E-state index contributed by atoms with van der Waals surface area (Å²) < 4.78 is 22.3. The summed E-state index contributed by atoms with van der Waals surface area (Å²) in [5, 5.41) is 9.35. The van der Waals surface area contributed by atoms with Crippen molar-refractivity contribution in [3.63, 3.8) is 0 Å². The van der Waals surface area contributed by atoms with Crippen LogP contribution in [0.1, 0.15) is 42.3 Å². The van der Waals surface area contributed by atoms with Crippen LogP contribution < -0.4 is 15.6 Å². The minimum absolute atomic E-state index is 0. The standard InChI is InChI=1S/C25H24FN5O2.ClH/c1-30-22-10-18(7-8-20(22)25-21-4-2-3-16(29-21)9-23(25)30)31-24(32)11-19(13-28-31)33-14-17-6-5-15(26)12-27-17;/h5-8,10-13,16,21,29H,2-4,9,14H2,1H3;1H. The van der Waals surface area contributed by atoms with E-state index in [9.17, 15) is 9.18 Å². The van der Waals surface area contributed by atoms with E-state index in [1.54, 1.807) is 6.07 Å². The molecule has 2 unspecified atom stereocenters. The lowest BCUT2D eigenvalue weighted by atomic mass is 9.84. The Labute approximate surface area is 202 Å². The third kappa shape index (κ3) is 3.86. The van der Waals surface area contributed by atoms with E-state index < -0.39 is 5.82 Å². The molecule has 34 heavy (non-hydrogen) atoms. The third-order valence-electron chi connectivity index (χ3n) is 6.81. The Morgan fingerprint density at radius 2 is 2.06 bits per heavy atom. The molecule has 5 heterocycles. The quantitative estimate of drug-likeness (QED) is 0.477. The fraction of sp³-hybridized carbons (Fsp3) is 0.320. The Morgan fingerprint density at radius 1 is 1.18 bits per heavy atom. The predicted octanol–water partition coefficient (Wildman–Crippen LogP) is 4.00. The Bertz CT molecular complexity index is 1420. The summed E-state index contributed by atoms with van der Waals surface area (Å²) in [5.74, 6) is -0.0606. The molecule has 2 bridgehead atoms. The number of aromatic nitrogens is 4. The highest BCUT2D eigenvalue weighted by molar-refractivity contribution is 5.88. The van der Waals surface area contributed by atoms with Gasteiger partial charge in [-0.3, -0.25) is 9.78 Å². The number of hydrogen-bond acceptors (Lipinski definition) is 5. The van der Waals surface area contributed by atoms with E-state index in [0.717, 1.165) is 18.1 Å². The summed E-state index contributed by atoms with van der Waals surface area (Å²) in [6, 6.07) is 11.3. The van der Waals surface area contributed by atoms with Crippen LogP contribution in [0.5, 0.6) is 5.75 Å².